The molecule has 162 valence electrons. The Kier molecular flexibility index (Phi) is 5.00. The Morgan fingerprint density at radius 1 is 1.17 bits per heavy atom. The molecule has 5 rings (SSSR count). The zero-order chi connectivity index (χ0) is 20.8. The third kappa shape index (κ3) is 3.82. The summed E-state index contributed by atoms with van der Waals surface area (Å²) in [7, 11) is 0. The van der Waals surface area contributed by atoms with Crippen molar-refractivity contribution >= 4 is 17.7 Å². The SMILES string of the molecule is CC(=O)N1CCOCC1C(=O)N1C[C@@H](NC(=O)c2cc(C3CC3)on2)[C@H](C2CC2)C1. The Balaban J connectivity index is 1.26. The third-order valence-corrected chi connectivity index (χ3v) is 6.78. The van der Waals surface area contributed by atoms with Crippen LogP contribution >= 0.6 is 0 Å². The molecule has 1 aromatic heterocycles. The average Bonchev–Trinajstić information content (AvgIpc) is 3.68. The number of ether oxygens (including phenoxy) is 1. The van der Waals surface area contributed by atoms with Crippen molar-refractivity contribution < 1.29 is 23.6 Å². The monoisotopic (exact) mass is 416 g/mol. The van der Waals surface area contributed by atoms with Crippen LogP contribution in [0.25, 0.3) is 0 Å². The van der Waals surface area contributed by atoms with Crippen molar-refractivity contribution in [2.75, 3.05) is 32.8 Å². The molecule has 2 aliphatic heterocycles. The number of morpholine rings is 1. The van der Waals surface area contributed by atoms with E-state index in [0.29, 0.717) is 43.8 Å². The highest BCUT2D eigenvalue weighted by atomic mass is 16.5. The molecule has 3 amide bonds. The van der Waals surface area contributed by atoms with Gasteiger partial charge in [0.2, 0.25) is 11.8 Å². The molecule has 3 atom stereocenters. The van der Waals surface area contributed by atoms with Gasteiger partial charge in [-0.1, -0.05) is 5.16 Å². The molecule has 30 heavy (non-hydrogen) atoms. The highest BCUT2D eigenvalue weighted by molar-refractivity contribution is 5.92. The number of hydrogen-bond donors (Lipinski definition) is 1. The van der Waals surface area contributed by atoms with Crippen LogP contribution in [0, 0.1) is 11.8 Å². The fourth-order valence-corrected chi connectivity index (χ4v) is 4.76. The lowest BCUT2D eigenvalue weighted by atomic mass is 9.98. The van der Waals surface area contributed by atoms with Crippen LogP contribution in [-0.2, 0) is 14.3 Å². The van der Waals surface area contributed by atoms with Gasteiger partial charge in [-0.25, -0.2) is 0 Å². The molecular weight excluding hydrogens is 388 g/mol. The van der Waals surface area contributed by atoms with Crippen LogP contribution in [0.4, 0.5) is 0 Å². The first-order valence-electron chi connectivity index (χ1n) is 10.9. The Hall–Kier alpha value is -2.42. The molecule has 0 spiro atoms. The van der Waals surface area contributed by atoms with E-state index in [2.05, 4.69) is 10.5 Å². The predicted molar refractivity (Wildman–Crippen MR) is 105 cm³/mol. The molecule has 3 heterocycles. The minimum Gasteiger partial charge on any atom is -0.377 e. The van der Waals surface area contributed by atoms with E-state index in [1.807, 2.05) is 0 Å². The standard InChI is InChI=1S/C21H28N4O5/c1-12(26)25-6-7-29-11-18(25)21(28)24-9-15(13-2-3-13)17(10-24)22-20(27)16-8-19(30-23-16)14-4-5-14/h8,13-15,17-18H,2-7,9-11H2,1H3,(H,22,27)/t15-,17+,18?/m0/s1. The van der Waals surface area contributed by atoms with Gasteiger partial charge >= 0.3 is 0 Å². The van der Waals surface area contributed by atoms with Crippen molar-refractivity contribution in [3.63, 3.8) is 0 Å². The van der Waals surface area contributed by atoms with E-state index in [1.54, 1.807) is 15.9 Å². The van der Waals surface area contributed by atoms with Crippen LogP contribution in [0.3, 0.4) is 0 Å². The van der Waals surface area contributed by atoms with Gasteiger partial charge in [0.15, 0.2) is 5.69 Å². The fraction of sp³-hybridized carbons (Fsp3) is 0.714. The molecule has 1 aromatic rings. The normalized spacial score (nSPS) is 29.2. The number of nitrogens with zero attached hydrogens (tertiary/aromatic N) is 3. The maximum Gasteiger partial charge on any atom is 0.273 e. The highest BCUT2D eigenvalue weighted by Gasteiger charge is 2.46. The second kappa shape index (κ2) is 7.68. The molecular formula is C21H28N4O5. The summed E-state index contributed by atoms with van der Waals surface area (Å²) in [5.41, 5.74) is 0.305. The van der Waals surface area contributed by atoms with E-state index >= 15 is 0 Å². The van der Waals surface area contributed by atoms with Crippen molar-refractivity contribution in [2.24, 2.45) is 11.8 Å². The van der Waals surface area contributed by atoms with Crippen molar-refractivity contribution in [3.05, 3.63) is 17.5 Å². The van der Waals surface area contributed by atoms with E-state index in [0.717, 1.165) is 31.4 Å². The molecule has 0 bridgehead atoms. The number of carbonyl (C=O) groups is 3. The second-order valence-electron chi connectivity index (χ2n) is 9.02. The average molecular weight is 416 g/mol. The van der Waals surface area contributed by atoms with Gasteiger partial charge in [-0.2, -0.15) is 0 Å². The molecule has 1 N–H and O–H groups in total. The Morgan fingerprint density at radius 3 is 2.67 bits per heavy atom. The largest absolute Gasteiger partial charge is 0.377 e. The van der Waals surface area contributed by atoms with Gasteiger partial charge in [-0.3, -0.25) is 14.4 Å². The number of hydrogen-bond acceptors (Lipinski definition) is 6. The number of aromatic nitrogens is 1. The Labute approximate surface area is 175 Å². The Bertz CT molecular complexity index is 846. The fourth-order valence-electron chi connectivity index (χ4n) is 4.76. The number of rotatable bonds is 5. The van der Waals surface area contributed by atoms with Gasteiger partial charge in [0.05, 0.1) is 19.3 Å². The van der Waals surface area contributed by atoms with Crippen molar-refractivity contribution in [1.29, 1.82) is 0 Å². The van der Waals surface area contributed by atoms with Crippen LogP contribution < -0.4 is 5.32 Å². The summed E-state index contributed by atoms with van der Waals surface area (Å²) in [4.78, 5) is 41.3. The van der Waals surface area contributed by atoms with E-state index < -0.39 is 6.04 Å². The second-order valence-corrected chi connectivity index (χ2v) is 9.02. The Morgan fingerprint density at radius 2 is 1.97 bits per heavy atom. The van der Waals surface area contributed by atoms with Gasteiger partial charge in [-0.15, -0.1) is 0 Å². The summed E-state index contributed by atoms with van der Waals surface area (Å²) < 4.78 is 10.8. The topological polar surface area (TPSA) is 105 Å². The predicted octanol–water partition coefficient (Wildman–Crippen LogP) is 0.766. The van der Waals surface area contributed by atoms with Crippen LogP contribution in [0.1, 0.15) is 54.8 Å². The molecule has 0 radical (unpaired) electrons. The summed E-state index contributed by atoms with van der Waals surface area (Å²) in [6, 6.07) is 1.04. The molecule has 2 aliphatic carbocycles. The van der Waals surface area contributed by atoms with Crippen molar-refractivity contribution in [1.82, 2.24) is 20.3 Å². The first-order chi connectivity index (χ1) is 14.5. The minimum absolute atomic E-state index is 0.0928. The summed E-state index contributed by atoms with van der Waals surface area (Å²) >= 11 is 0. The third-order valence-electron chi connectivity index (χ3n) is 6.78. The molecule has 2 saturated heterocycles. The number of nitrogens with one attached hydrogen (secondary N) is 1. The molecule has 4 aliphatic rings. The van der Waals surface area contributed by atoms with E-state index in [9.17, 15) is 14.4 Å². The number of likely N-dealkylation sites (tertiary alicyclic amines) is 1. The summed E-state index contributed by atoms with van der Waals surface area (Å²) in [6.07, 6.45) is 4.42. The van der Waals surface area contributed by atoms with Gasteiger partial charge in [0, 0.05) is 44.5 Å². The summed E-state index contributed by atoms with van der Waals surface area (Å²) in [5, 5.41) is 7.03. The van der Waals surface area contributed by atoms with E-state index in [4.69, 9.17) is 9.26 Å². The summed E-state index contributed by atoms with van der Waals surface area (Å²) in [6.45, 7) is 3.64. The highest BCUT2D eigenvalue weighted by Crippen LogP contribution is 2.42. The maximum absolute atomic E-state index is 13.2. The zero-order valence-corrected chi connectivity index (χ0v) is 17.2. The van der Waals surface area contributed by atoms with Crippen LogP contribution in [0.15, 0.2) is 10.6 Å². The zero-order valence-electron chi connectivity index (χ0n) is 17.2. The lowest BCUT2D eigenvalue weighted by Crippen LogP contribution is -2.56. The maximum atomic E-state index is 13.2. The molecule has 4 fully saturated rings. The smallest absolute Gasteiger partial charge is 0.273 e. The van der Waals surface area contributed by atoms with Crippen LogP contribution in [0.5, 0.6) is 0 Å². The molecule has 9 heteroatoms. The van der Waals surface area contributed by atoms with Gasteiger partial charge in [0.1, 0.15) is 11.8 Å². The molecule has 9 nitrogen and oxygen atoms in total. The van der Waals surface area contributed by atoms with Crippen LogP contribution in [-0.4, -0.2) is 77.6 Å². The molecule has 0 aromatic carbocycles. The van der Waals surface area contributed by atoms with E-state index in [-0.39, 0.29) is 36.3 Å². The molecule has 1 unspecified atom stereocenters. The van der Waals surface area contributed by atoms with Gasteiger partial charge in [-0.05, 0) is 31.6 Å². The first-order valence-corrected chi connectivity index (χ1v) is 10.9. The van der Waals surface area contributed by atoms with E-state index in [1.165, 1.54) is 6.92 Å². The minimum atomic E-state index is -0.581. The van der Waals surface area contributed by atoms with Crippen molar-refractivity contribution in [3.8, 4) is 0 Å². The van der Waals surface area contributed by atoms with Crippen LogP contribution in [0.2, 0.25) is 0 Å². The molecule has 2 saturated carbocycles. The lowest BCUT2D eigenvalue weighted by Gasteiger charge is -2.36. The number of carbonyl (C=O) groups excluding carboxylic acids is 3. The lowest BCUT2D eigenvalue weighted by molar-refractivity contribution is -0.152. The number of amides is 3. The quantitative estimate of drug-likeness (QED) is 0.760. The van der Waals surface area contributed by atoms with Crippen molar-refractivity contribution in [2.45, 2.75) is 50.6 Å². The summed E-state index contributed by atoms with van der Waals surface area (Å²) in [5.74, 6) is 1.48. The van der Waals surface area contributed by atoms with Gasteiger partial charge < -0.3 is 24.4 Å². The van der Waals surface area contributed by atoms with Gasteiger partial charge in [0.25, 0.3) is 5.91 Å². The first kappa shape index (κ1) is 19.5.